The average Bonchev–Trinajstić information content (AvgIpc) is 3.03. The summed E-state index contributed by atoms with van der Waals surface area (Å²) in [5, 5.41) is 5.87. The molecule has 1 aromatic carbocycles. The van der Waals surface area contributed by atoms with Crippen molar-refractivity contribution in [1.29, 1.82) is 0 Å². The molecule has 1 aliphatic carbocycles. The van der Waals surface area contributed by atoms with E-state index in [9.17, 15) is 0 Å². The van der Waals surface area contributed by atoms with Crippen molar-refractivity contribution in [2.45, 2.75) is 37.8 Å². The number of anilines is 1. The molecule has 1 fully saturated rings. The second-order valence-electron chi connectivity index (χ2n) is 5.38. The highest BCUT2D eigenvalue weighted by atomic mass is 32.1. The number of ether oxygens (including phenoxy) is 1. The van der Waals surface area contributed by atoms with Crippen molar-refractivity contribution in [3.63, 3.8) is 0 Å². The van der Waals surface area contributed by atoms with Crippen molar-refractivity contribution in [3.05, 3.63) is 41.8 Å². The van der Waals surface area contributed by atoms with Crippen LogP contribution in [0.3, 0.4) is 0 Å². The molecule has 2 aromatic rings. The Morgan fingerprint density at radius 3 is 2.55 bits per heavy atom. The molecule has 1 N–H and O–H groups in total. The van der Waals surface area contributed by atoms with Crippen LogP contribution >= 0.6 is 11.3 Å². The third kappa shape index (κ3) is 3.05. The first-order valence-electron chi connectivity index (χ1n) is 7.29. The van der Waals surface area contributed by atoms with Gasteiger partial charge in [-0.25, -0.2) is 0 Å². The molecule has 1 aromatic heterocycles. The van der Waals surface area contributed by atoms with Crippen LogP contribution < -0.4 is 5.32 Å². The van der Waals surface area contributed by atoms with E-state index in [2.05, 4.69) is 47.1 Å². The van der Waals surface area contributed by atoms with Crippen molar-refractivity contribution >= 4 is 17.0 Å². The molecule has 3 rings (SSSR count). The van der Waals surface area contributed by atoms with Gasteiger partial charge >= 0.3 is 0 Å². The maximum Gasteiger partial charge on any atom is 0.0572 e. The zero-order valence-electron chi connectivity index (χ0n) is 11.8. The Bertz CT molecular complexity index is 530. The summed E-state index contributed by atoms with van der Waals surface area (Å²) in [4.78, 5) is 1.33. The summed E-state index contributed by atoms with van der Waals surface area (Å²) in [6, 6.07) is 13.5. The van der Waals surface area contributed by atoms with Crippen molar-refractivity contribution in [1.82, 2.24) is 0 Å². The number of hydrogen-bond acceptors (Lipinski definition) is 3. The summed E-state index contributed by atoms with van der Waals surface area (Å²) >= 11 is 1.80. The van der Waals surface area contributed by atoms with Crippen LogP contribution in [-0.2, 0) is 4.74 Å². The largest absolute Gasteiger partial charge is 0.382 e. The molecule has 2 nitrogen and oxygen atoms in total. The van der Waals surface area contributed by atoms with Gasteiger partial charge in [-0.3, -0.25) is 0 Å². The molecule has 1 heterocycles. The van der Waals surface area contributed by atoms with Gasteiger partial charge in [0.05, 0.1) is 6.10 Å². The third-order valence-electron chi connectivity index (χ3n) is 4.08. The van der Waals surface area contributed by atoms with Gasteiger partial charge in [-0.15, -0.1) is 11.3 Å². The van der Waals surface area contributed by atoms with Crippen molar-refractivity contribution in [3.8, 4) is 10.4 Å². The van der Waals surface area contributed by atoms with Gasteiger partial charge in [0.1, 0.15) is 0 Å². The number of hydrogen-bond donors (Lipinski definition) is 1. The van der Waals surface area contributed by atoms with Gasteiger partial charge in [-0.1, -0.05) is 24.3 Å². The van der Waals surface area contributed by atoms with Gasteiger partial charge in [0.25, 0.3) is 0 Å². The standard InChI is InChI=1S/C17H21NOS/c1-19-14-10-8-13(9-11-14)18-16-6-3-2-5-15(16)17-7-4-12-20-17/h2-7,12-14,18H,8-11H2,1H3. The van der Waals surface area contributed by atoms with E-state index < -0.39 is 0 Å². The minimum Gasteiger partial charge on any atom is -0.382 e. The van der Waals surface area contributed by atoms with Gasteiger partial charge in [0.2, 0.25) is 0 Å². The van der Waals surface area contributed by atoms with E-state index >= 15 is 0 Å². The van der Waals surface area contributed by atoms with Crippen molar-refractivity contribution in [2.75, 3.05) is 12.4 Å². The number of methoxy groups -OCH3 is 1. The topological polar surface area (TPSA) is 21.3 Å². The van der Waals surface area contributed by atoms with Gasteiger partial charge < -0.3 is 10.1 Å². The van der Waals surface area contributed by atoms with Crippen molar-refractivity contribution < 1.29 is 4.74 Å². The van der Waals surface area contributed by atoms with E-state index in [1.54, 1.807) is 11.3 Å². The molecule has 0 aliphatic heterocycles. The Morgan fingerprint density at radius 1 is 1.05 bits per heavy atom. The average molecular weight is 287 g/mol. The molecule has 0 unspecified atom stereocenters. The Hall–Kier alpha value is -1.32. The van der Waals surface area contributed by atoms with Crippen LogP contribution in [0.15, 0.2) is 41.8 Å². The molecule has 106 valence electrons. The predicted octanol–water partition coefficient (Wildman–Crippen LogP) is 4.78. The molecule has 1 aliphatic rings. The maximum atomic E-state index is 5.45. The molecule has 0 radical (unpaired) electrons. The van der Waals surface area contributed by atoms with E-state index in [4.69, 9.17) is 4.74 Å². The molecule has 20 heavy (non-hydrogen) atoms. The first kappa shape index (κ1) is 13.7. The maximum absolute atomic E-state index is 5.45. The normalized spacial score (nSPS) is 22.6. The molecule has 0 amide bonds. The fraction of sp³-hybridized carbons (Fsp3) is 0.412. The van der Waals surface area contributed by atoms with Crippen LogP contribution in [0, 0.1) is 0 Å². The molecule has 0 bridgehead atoms. The summed E-state index contributed by atoms with van der Waals surface area (Å²) in [7, 11) is 1.82. The van der Waals surface area contributed by atoms with Crippen molar-refractivity contribution in [2.24, 2.45) is 0 Å². The summed E-state index contributed by atoms with van der Waals surface area (Å²) in [5.41, 5.74) is 2.58. The van der Waals surface area contributed by atoms with E-state index in [1.807, 2.05) is 7.11 Å². The summed E-state index contributed by atoms with van der Waals surface area (Å²) in [6.45, 7) is 0. The monoisotopic (exact) mass is 287 g/mol. The van der Waals surface area contributed by atoms with Gasteiger partial charge in [0.15, 0.2) is 0 Å². The molecule has 0 spiro atoms. The van der Waals surface area contributed by atoms with Crippen LogP contribution in [0.4, 0.5) is 5.69 Å². The Labute approximate surface area is 124 Å². The smallest absolute Gasteiger partial charge is 0.0572 e. The fourth-order valence-electron chi connectivity index (χ4n) is 2.92. The molecule has 0 atom stereocenters. The van der Waals surface area contributed by atoms with Gasteiger partial charge in [-0.2, -0.15) is 0 Å². The SMILES string of the molecule is COC1CCC(Nc2ccccc2-c2cccs2)CC1. The second-order valence-corrected chi connectivity index (χ2v) is 6.32. The van der Waals surface area contributed by atoms with Gasteiger partial charge in [0, 0.05) is 29.3 Å². The molecule has 0 saturated heterocycles. The quantitative estimate of drug-likeness (QED) is 0.873. The lowest BCUT2D eigenvalue weighted by molar-refractivity contribution is 0.0682. The van der Waals surface area contributed by atoms with Crippen LogP contribution in [-0.4, -0.2) is 19.3 Å². The Balaban J connectivity index is 1.72. The zero-order valence-corrected chi connectivity index (χ0v) is 12.7. The highest BCUT2D eigenvalue weighted by Gasteiger charge is 2.21. The molecular weight excluding hydrogens is 266 g/mol. The van der Waals surface area contributed by atoms with Crippen LogP contribution in [0.2, 0.25) is 0 Å². The Kier molecular flexibility index (Phi) is 4.38. The summed E-state index contributed by atoms with van der Waals surface area (Å²) in [5.74, 6) is 0. The zero-order chi connectivity index (χ0) is 13.8. The lowest BCUT2D eigenvalue weighted by Gasteiger charge is -2.29. The number of thiophene rings is 1. The minimum atomic E-state index is 0.459. The summed E-state index contributed by atoms with van der Waals surface area (Å²) in [6.07, 6.45) is 5.17. The molecule has 1 saturated carbocycles. The highest BCUT2D eigenvalue weighted by Crippen LogP contribution is 2.33. The first-order chi connectivity index (χ1) is 9.86. The predicted molar refractivity (Wildman–Crippen MR) is 86.4 cm³/mol. The van der Waals surface area contributed by atoms with Crippen LogP contribution in [0.1, 0.15) is 25.7 Å². The van der Waals surface area contributed by atoms with Crippen LogP contribution in [0.25, 0.3) is 10.4 Å². The van der Waals surface area contributed by atoms with E-state index in [0.717, 1.165) is 12.8 Å². The third-order valence-corrected chi connectivity index (χ3v) is 4.98. The highest BCUT2D eigenvalue weighted by molar-refractivity contribution is 7.13. The molecule has 3 heteroatoms. The fourth-order valence-corrected chi connectivity index (χ4v) is 3.68. The van der Waals surface area contributed by atoms with E-state index in [1.165, 1.54) is 29.0 Å². The summed E-state index contributed by atoms with van der Waals surface area (Å²) < 4.78 is 5.45. The number of benzene rings is 1. The lowest BCUT2D eigenvalue weighted by Crippen LogP contribution is -2.29. The minimum absolute atomic E-state index is 0.459. The van der Waals surface area contributed by atoms with E-state index in [0.29, 0.717) is 12.1 Å². The number of nitrogens with one attached hydrogen (secondary N) is 1. The lowest BCUT2D eigenvalue weighted by atomic mass is 9.92. The molecular formula is C17H21NOS. The number of para-hydroxylation sites is 1. The van der Waals surface area contributed by atoms with Crippen LogP contribution in [0.5, 0.6) is 0 Å². The Morgan fingerprint density at radius 2 is 1.85 bits per heavy atom. The first-order valence-corrected chi connectivity index (χ1v) is 8.17. The second kappa shape index (κ2) is 6.42. The number of rotatable bonds is 4. The van der Waals surface area contributed by atoms with Gasteiger partial charge in [-0.05, 0) is 43.2 Å². The van der Waals surface area contributed by atoms with E-state index in [-0.39, 0.29) is 0 Å².